The first kappa shape index (κ1) is 22.1. The highest BCUT2D eigenvalue weighted by Gasteiger charge is 2.34. The summed E-state index contributed by atoms with van der Waals surface area (Å²) in [7, 11) is 0. The van der Waals surface area contributed by atoms with Gasteiger partial charge in [0, 0.05) is 30.9 Å². The second kappa shape index (κ2) is 10.4. The van der Waals surface area contributed by atoms with Gasteiger partial charge >= 0.3 is 0 Å². The molecular formula is C24H27N3O4. The van der Waals surface area contributed by atoms with Crippen LogP contribution in [0.4, 0.5) is 11.4 Å². The lowest BCUT2D eigenvalue weighted by Crippen LogP contribution is -2.32. The van der Waals surface area contributed by atoms with Crippen LogP contribution in [0.15, 0.2) is 61.2 Å². The Kier molecular flexibility index (Phi) is 7.43. The molecule has 3 amide bonds. The number of anilines is 2. The number of amides is 3. The van der Waals surface area contributed by atoms with Gasteiger partial charge in [-0.3, -0.25) is 14.4 Å². The first-order valence-corrected chi connectivity index (χ1v) is 10.3. The SMILES string of the molecule is C=CCNC(=O)[C@H]1CC(=O)N(c2ccc(OCC(=O)Nc3ccc(CC)cc3)cc2)C1. The summed E-state index contributed by atoms with van der Waals surface area (Å²) in [4.78, 5) is 38.1. The van der Waals surface area contributed by atoms with Gasteiger partial charge < -0.3 is 20.3 Å². The highest BCUT2D eigenvalue weighted by molar-refractivity contribution is 6.00. The van der Waals surface area contributed by atoms with Crippen LogP contribution >= 0.6 is 0 Å². The third-order valence-corrected chi connectivity index (χ3v) is 5.08. The van der Waals surface area contributed by atoms with Crippen LogP contribution < -0.4 is 20.3 Å². The van der Waals surface area contributed by atoms with Crippen molar-refractivity contribution in [2.45, 2.75) is 19.8 Å². The molecule has 0 radical (unpaired) electrons. The molecule has 31 heavy (non-hydrogen) atoms. The Bertz CT molecular complexity index is 938. The minimum Gasteiger partial charge on any atom is -0.484 e. The van der Waals surface area contributed by atoms with E-state index in [1.807, 2.05) is 24.3 Å². The Morgan fingerprint density at radius 2 is 1.87 bits per heavy atom. The van der Waals surface area contributed by atoms with Gasteiger partial charge in [0.15, 0.2) is 6.61 Å². The molecular weight excluding hydrogens is 394 g/mol. The summed E-state index contributed by atoms with van der Waals surface area (Å²) in [6, 6.07) is 14.6. The molecule has 7 nitrogen and oxygen atoms in total. The Hall–Kier alpha value is -3.61. The van der Waals surface area contributed by atoms with Gasteiger partial charge in [0.25, 0.3) is 5.91 Å². The molecule has 1 aliphatic heterocycles. The van der Waals surface area contributed by atoms with E-state index in [0.29, 0.717) is 24.5 Å². The number of hydrogen-bond donors (Lipinski definition) is 2. The van der Waals surface area contributed by atoms with Crippen LogP contribution in [0.5, 0.6) is 5.75 Å². The van der Waals surface area contributed by atoms with Crippen LogP contribution in [0, 0.1) is 5.92 Å². The Morgan fingerprint density at radius 3 is 2.52 bits per heavy atom. The summed E-state index contributed by atoms with van der Waals surface area (Å²) in [5.74, 6) is -0.353. The summed E-state index contributed by atoms with van der Waals surface area (Å²) >= 11 is 0. The average molecular weight is 421 g/mol. The number of rotatable bonds is 9. The quantitative estimate of drug-likeness (QED) is 0.610. The number of ether oxygens (including phenoxy) is 1. The van der Waals surface area contributed by atoms with Gasteiger partial charge in [-0.05, 0) is 48.4 Å². The molecule has 0 aromatic heterocycles. The van der Waals surface area contributed by atoms with Crippen molar-refractivity contribution >= 4 is 29.1 Å². The summed E-state index contributed by atoms with van der Waals surface area (Å²) in [5, 5.41) is 5.53. The fourth-order valence-electron chi connectivity index (χ4n) is 3.34. The van der Waals surface area contributed by atoms with Crippen molar-refractivity contribution in [3.05, 3.63) is 66.7 Å². The molecule has 1 saturated heterocycles. The van der Waals surface area contributed by atoms with E-state index >= 15 is 0 Å². The Labute approximate surface area is 182 Å². The largest absolute Gasteiger partial charge is 0.484 e. The maximum absolute atomic E-state index is 12.3. The molecule has 0 saturated carbocycles. The molecule has 2 N–H and O–H groups in total. The molecule has 1 heterocycles. The second-order valence-corrected chi connectivity index (χ2v) is 7.32. The molecule has 2 aromatic carbocycles. The van der Waals surface area contributed by atoms with Crippen molar-refractivity contribution < 1.29 is 19.1 Å². The smallest absolute Gasteiger partial charge is 0.262 e. The Morgan fingerprint density at radius 1 is 1.16 bits per heavy atom. The number of carbonyl (C=O) groups excluding carboxylic acids is 3. The lowest BCUT2D eigenvalue weighted by Gasteiger charge is -2.17. The zero-order valence-corrected chi connectivity index (χ0v) is 17.6. The Balaban J connectivity index is 1.50. The number of carbonyl (C=O) groups is 3. The topological polar surface area (TPSA) is 87.7 Å². The molecule has 3 rings (SSSR count). The fraction of sp³-hybridized carbons (Fsp3) is 0.292. The van der Waals surface area contributed by atoms with Crippen LogP contribution in [0.3, 0.4) is 0 Å². The van der Waals surface area contributed by atoms with Crippen molar-refractivity contribution in [2.24, 2.45) is 5.92 Å². The first-order valence-electron chi connectivity index (χ1n) is 10.3. The van der Waals surface area contributed by atoms with Crippen LogP contribution in [-0.2, 0) is 20.8 Å². The third-order valence-electron chi connectivity index (χ3n) is 5.08. The molecule has 1 atom stereocenters. The average Bonchev–Trinajstić information content (AvgIpc) is 3.18. The molecule has 0 bridgehead atoms. The lowest BCUT2D eigenvalue weighted by molar-refractivity contribution is -0.126. The van der Waals surface area contributed by atoms with Crippen LogP contribution in [-0.4, -0.2) is 37.4 Å². The monoisotopic (exact) mass is 421 g/mol. The van der Waals surface area contributed by atoms with Crippen molar-refractivity contribution in [3.63, 3.8) is 0 Å². The number of aryl methyl sites for hydroxylation is 1. The minimum atomic E-state index is -0.376. The zero-order chi connectivity index (χ0) is 22.2. The van der Waals surface area contributed by atoms with E-state index in [9.17, 15) is 14.4 Å². The van der Waals surface area contributed by atoms with E-state index in [4.69, 9.17) is 4.74 Å². The zero-order valence-electron chi connectivity index (χ0n) is 17.6. The number of benzene rings is 2. The van der Waals surface area contributed by atoms with Crippen molar-refractivity contribution in [2.75, 3.05) is 29.9 Å². The third kappa shape index (κ3) is 5.94. The van der Waals surface area contributed by atoms with E-state index < -0.39 is 0 Å². The minimum absolute atomic E-state index is 0.0964. The van der Waals surface area contributed by atoms with Crippen molar-refractivity contribution in [1.82, 2.24) is 5.32 Å². The van der Waals surface area contributed by atoms with Gasteiger partial charge in [0.1, 0.15) is 5.75 Å². The molecule has 162 valence electrons. The van der Waals surface area contributed by atoms with Gasteiger partial charge in [-0.15, -0.1) is 6.58 Å². The summed E-state index contributed by atoms with van der Waals surface area (Å²) in [6.07, 6.45) is 2.73. The van der Waals surface area contributed by atoms with E-state index in [0.717, 1.165) is 12.1 Å². The van der Waals surface area contributed by atoms with Gasteiger partial charge in [-0.1, -0.05) is 25.1 Å². The highest BCUT2D eigenvalue weighted by Crippen LogP contribution is 2.27. The van der Waals surface area contributed by atoms with Crippen LogP contribution in [0.1, 0.15) is 18.9 Å². The van der Waals surface area contributed by atoms with Crippen molar-refractivity contribution in [3.8, 4) is 5.75 Å². The van der Waals surface area contributed by atoms with Crippen LogP contribution in [0.25, 0.3) is 0 Å². The van der Waals surface area contributed by atoms with E-state index in [1.54, 1.807) is 35.2 Å². The van der Waals surface area contributed by atoms with Gasteiger partial charge in [0.05, 0.1) is 5.92 Å². The standard InChI is InChI=1S/C24H27N3O4/c1-3-13-25-24(30)18-14-23(29)27(15-18)20-9-11-21(12-10-20)31-16-22(28)26-19-7-5-17(4-2)6-8-19/h3,5-12,18H,1,4,13-16H2,2H3,(H,25,30)(H,26,28)/t18-/m0/s1. The molecule has 0 spiro atoms. The maximum Gasteiger partial charge on any atom is 0.262 e. The molecule has 0 aliphatic carbocycles. The predicted molar refractivity (Wildman–Crippen MR) is 120 cm³/mol. The van der Waals surface area contributed by atoms with E-state index in [-0.39, 0.29) is 36.7 Å². The van der Waals surface area contributed by atoms with E-state index in [2.05, 4.69) is 24.1 Å². The molecule has 0 unspecified atom stereocenters. The number of nitrogens with one attached hydrogen (secondary N) is 2. The lowest BCUT2D eigenvalue weighted by atomic mass is 10.1. The highest BCUT2D eigenvalue weighted by atomic mass is 16.5. The summed E-state index contributed by atoms with van der Waals surface area (Å²) < 4.78 is 5.54. The van der Waals surface area contributed by atoms with Gasteiger partial charge in [0.2, 0.25) is 11.8 Å². The normalized spacial score (nSPS) is 15.5. The molecule has 1 fully saturated rings. The fourth-order valence-corrected chi connectivity index (χ4v) is 3.34. The number of nitrogens with zero attached hydrogens (tertiary/aromatic N) is 1. The summed E-state index contributed by atoms with van der Waals surface area (Å²) in [6.45, 7) is 6.24. The van der Waals surface area contributed by atoms with Crippen molar-refractivity contribution in [1.29, 1.82) is 0 Å². The predicted octanol–water partition coefficient (Wildman–Crippen LogP) is 2.92. The number of hydrogen-bond acceptors (Lipinski definition) is 4. The van der Waals surface area contributed by atoms with Crippen LogP contribution in [0.2, 0.25) is 0 Å². The molecule has 1 aliphatic rings. The summed E-state index contributed by atoms with van der Waals surface area (Å²) in [5.41, 5.74) is 2.62. The molecule has 2 aromatic rings. The second-order valence-electron chi connectivity index (χ2n) is 7.32. The molecule has 7 heteroatoms. The van der Waals surface area contributed by atoms with Gasteiger partial charge in [-0.25, -0.2) is 0 Å². The van der Waals surface area contributed by atoms with E-state index in [1.165, 1.54) is 5.56 Å². The first-order chi connectivity index (χ1) is 15.0. The maximum atomic E-state index is 12.3. The van der Waals surface area contributed by atoms with Gasteiger partial charge in [-0.2, -0.15) is 0 Å².